The zero-order valence-corrected chi connectivity index (χ0v) is 9.39. The van der Waals surface area contributed by atoms with E-state index in [-0.39, 0.29) is 13.2 Å². The fourth-order valence-corrected chi connectivity index (χ4v) is 0.902. The average molecular weight is 218 g/mol. The molecule has 0 spiro atoms. The van der Waals surface area contributed by atoms with Crippen LogP contribution in [0.5, 0.6) is 0 Å². The molecule has 0 radical (unpaired) electrons. The first kappa shape index (κ1) is 13.5. The number of likely N-dealkylation sites (N-methyl/N-ethyl adjacent to an activating group) is 1. The van der Waals surface area contributed by atoms with Crippen LogP contribution in [-0.2, 0) is 4.74 Å². The maximum absolute atomic E-state index is 11.2. The Balaban J connectivity index is 3.67. The predicted octanol–water partition coefficient (Wildman–Crippen LogP) is 1.07. The molecule has 0 unspecified atom stereocenters. The monoisotopic (exact) mass is 218 g/mol. The highest BCUT2D eigenvalue weighted by Gasteiger charge is 2.10. The molecule has 0 aliphatic carbocycles. The van der Waals surface area contributed by atoms with E-state index in [1.807, 2.05) is 6.92 Å². The van der Waals surface area contributed by atoms with Crippen molar-refractivity contribution >= 4 is 12.2 Å². The summed E-state index contributed by atoms with van der Waals surface area (Å²) in [5, 5.41) is 8.52. The second-order valence-corrected chi connectivity index (χ2v) is 3.24. The van der Waals surface area contributed by atoms with E-state index < -0.39 is 12.2 Å². The van der Waals surface area contributed by atoms with Gasteiger partial charge in [-0.3, -0.25) is 0 Å². The van der Waals surface area contributed by atoms with Gasteiger partial charge in [0.25, 0.3) is 0 Å². The summed E-state index contributed by atoms with van der Waals surface area (Å²) in [5.74, 6) is 0. The Kier molecular flexibility index (Phi) is 6.24. The van der Waals surface area contributed by atoms with Crippen molar-refractivity contribution in [1.29, 1.82) is 0 Å². The molecule has 6 nitrogen and oxygen atoms in total. The van der Waals surface area contributed by atoms with Gasteiger partial charge in [-0.2, -0.15) is 0 Å². The van der Waals surface area contributed by atoms with Crippen molar-refractivity contribution in [2.45, 2.75) is 13.3 Å². The van der Waals surface area contributed by atoms with E-state index in [2.05, 4.69) is 0 Å². The zero-order valence-electron chi connectivity index (χ0n) is 9.39. The van der Waals surface area contributed by atoms with E-state index in [0.717, 1.165) is 11.3 Å². The van der Waals surface area contributed by atoms with Gasteiger partial charge in [0.05, 0.1) is 6.54 Å². The summed E-state index contributed by atoms with van der Waals surface area (Å²) in [6.45, 7) is 2.85. The fraction of sp³-hybridized carbons (Fsp3) is 0.778. The van der Waals surface area contributed by atoms with Crippen molar-refractivity contribution in [2.24, 2.45) is 0 Å². The van der Waals surface area contributed by atoms with Crippen LogP contribution in [0.2, 0.25) is 0 Å². The topological polar surface area (TPSA) is 70.1 Å². The molecular formula is C9H18N2O4. The summed E-state index contributed by atoms with van der Waals surface area (Å²) in [4.78, 5) is 24.1. The highest BCUT2D eigenvalue weighted by atomic mass is 16.6. The van der Waals surface area contributed by atoms with Crippen LogP contribution in [0.25, 0.3) is 0 Å². The van der Waals surface area contributed by atoms with Gasteiger partial charge in [0, 0.05) is 20.6 Å². The van der Waals surface area contributed by atoms with Gasteiger partial charge < -0.3 is 19.6 Å². The lowest BCUT2D eigenvalue weighted by molar-refractivity contribution is 0.0971. The maximum atomic E-state index is 11.2. The Labute approximate surface area is 89.4 Å². The third-order valence-electron chi connectivity index (χ3n) is 1.85. The van der Waals surface area contributed by atoms with Crippen LogP contribution >= 0.6 is 0 Å². The first-order valence-corrected chi connectivity index (χ1v) is 4.81. The predicted molar refractivity (Wildman–Crippen MR) is 54.9 cm³/mol. The van der Waals surface area contributed by atoms with Gasteiger partial charge in [-0.1, -0.05) is 6.92 Å². The molecule has 0 bridgehead atoms. The van der Waals surface area contributed by atoms with Gasteiger partial charge in [-0.15, -0.1) is 0 Å². The fourth-order valence-electron chi connectivity index (χ4n) is 0.902. The Hall–Kier alpha value is -1.46. The van der Waals surface area contributed by atoms with Crippen LogP contribution in [0.1, 0.15) is 13.3 Å². The number of hydrogen-bond acceptors (Lipinski definition) is 3. The van der Waals surface area contributed by atoms with E-state index in [1.54, 1.807) is 7.05 Å². The Morgan fingerprint density at radius 3 is 2.27 bits per heavy atom. The number of carboxylic acid groups (broad SMARTS) is 1. The van der Waals surface area contributed by atoms with Crippen LogP contribution in [0.15, 0.2) is 0 Å². The number of hydrogen-bond donors (Lipinski definition) is 1. The number of carbonyl (C=O) groups excluding carboxylic acids is 1. The molecule has 0 aromatic carbocycles. The highest BCUT2D eigenvalue weighted by Crippen LogP contribution is 1.93. The average Bonchev–Trinajstić information content (AvgIpc) is 2.17. The molecule has 0 rings (SSSR count). The van der Waals surface area contributed by atoms with Crippen molar-refractivity contribution in [2.75, 3.05) is 33.8 Å². The van der Waals surface area contributed by atoms with Gasteiger partial charge in [0.1, 0.15) is 6.61 Å². The van der Waals surface area contributed by atoms with Crippen LogP contribution in [-0.4, -0.2) is 60.9 Å². The summed E-state index contributed by atoms with van der Waals surface area (Å²) in [5.41, 5.74) is 0. The van der Waals surface area contributed by atoms with Gasteiger partial charge in [0.2, 0.25) is 0 Å². The molecule has 0 heterocycles. The lowest BCUT2D eigenvalue weighted by atomic mass is 10.5. The molecule has 0 saturated carbocycles. The molecule has 0 aliphatic heterocycles. The lowest BCUT2D eigenvalue weighted by Crippen LogP contribution is -2.33. The number of ether oxygens (including phenoxy) is 1. The molecule has 0 fully saturated rings. The molecule has 0 aromatic heterocycles. The first-order chi connectivity index (χ1) is 6.99. The molecular weight excluding hydrogens is 200 g/mol. The Bertz CT molecular complexity index is 220. The van der Waals surface area contributed by atoms with Crippen LogP contribution in [0.4, 0.5) is 9.59 Å². The minimum Gasteiger partial charge on any atom is -0.465 e. The number of amides is 2. The SMILES string of the molecule is CCCN(C)C(=O)OCCN(C)C(=O)O. The molecule has 1 N–H and O–H groups in total. The normalized spacial score (nSPS) is 9.53. The number of carbonyl (C=O) groups is 2. The van der Waals surface area contributed by atoms with Gasteiger partial charge in [-0.05, 0) is 6.42 Å². The second kappa shape index (κ2) is 6.92. The first-order valence-electron chi connectivity index (χ1n) is 4.81. The minimum absolute atomic E-state index is 0.0791. The number of nitrogens with zero attached hydrogens (tertiary/aromatic N) is 2. The molecule has 15 heavy (non-hydrogen) atoms. The molecule has 0 aliphatic rings. The summed E-state index contributed by atoms with van der Waals surface area (Å²) in [7, 11) is 3.07. The zero-order chi connectivity index (χ0) is 11.8. The van der Waals surface area contributed by atoms with Crippen molar-refractivity contribution in [3.8, 4) is 0 Å². The molecule has 0 atom stereocenters. The number of rotatable bonds is 5. The van der Waals surface area contributed by atoms with Crippen molar-refractivity contribution in [1.82, 2.24) is 9.80 Å². The summed E-state index contributed by atoms with van der Waals surface area (Å²) in [6, 6.07) is 0. The Morgan fingerprint density at radius 2 is 1.80 bits per heavy atom. The third kappa shape index (κ3) is 5.77. The third-order valence-corrected chi connectivity index (χ3v) is 1.85. The molecule has 6 heteroatoms. The quantitative estimate of drug-likeness (QED) is 0.749. The van der Waals surface area contributed by atoms with Gasteiger partial charge >= 0.3 is 12.2 Å². The molecule has 0 saturated heterocycles. The maximum Gasteiger partial charge on any atom is 0.409 e. The summed E-state index contributed by atoms with van der Waals surface area (Å²) < 4.78 is 4.86. The van der Waals surface area contributed by atoms with E-state index in [9.17, 15) is 9.59 Å². The smallest absolute Gasteiger partial charge is 0.409 e. The van der Waals surface area contributed by atoms with Gasteiger partial charge in [-0.25, -0.2) is 9.59 Å². The lowest BCUT2D eigenvalue weighted by Gasteiger charge is -2.17. The summed E-state index contributed by atoms with van der Waals surface area (Å²) >= 11 is 0. The highest BCUT2D eigenvalue weighted by molar-refractivity contribution is 5.67. The standard InChI is InChI=1S/C9H18N2O4/c1-4-5-11(3)9(14)15-7-6-10(2)8(12)13/h4-7H2,1-3H3,(H,12,13). The van der Waals surface area contributed by atoms with Crippen molar-refractivity contribution in [3.05, 3.63) is 0 Å². The summed E-state index contributed by atoms with van der Waals surface area (Å²) in [6.07, 6.45) is -0.593. The largest absolute Gasteiger partial charge is 0.465 e. The molecule has 88 valence electrons. The van der Waals surface area contributed by atoms with Crippen molar-refractivity contribution in [3.63, 3.8) is 0 Å². The van der Waals surface area contributed by atoms with E-state index in [0.29, 0.717) is 6.54 Å². The second-order valence-electron chi connectivity index (χ2n) is 3.24. The van der Waals surface area contributed by atoms with E-state index in [4.69, 9.17) is 9.84 Å². The molecule has 0 aromatic rings. The van der Waals surface area contributed by atoms with Crippen LogP contribution < -0.4 is 0 Å². The van der Waals surface area contributed by atoms with Crippen molar-refractivity contribution < 1.29 is 19.4 Å². The Morgan fingerprint density at radius 1 is 1.20 bits per heavy atom. The molecule has 2 amide bonds. The van der Waals surface area contributed by atoms with E-state index >= 15 is 0 Å². The van der Waals surface area contributed by atoms with Gasteiger partial charge in [0.15, 0.2) is 0 Å². The van der Waals surface area contributed by atoms with Crippen LogP contribution in [0, 0.1) is 0 Å². The van der Waals surface area contributed by atoms with E-state index in [1.165, 1.54) is 11.9 Å². The van der Waals surface area contributed by atoms with Crippen LogP contribution in [0.3, 0.4) is 0 Å². The minimum atomic E-state index is -1.03.